The van der Waals surface area contributed by atoms with Crippen LogP contribution in [0.4, 0.5) is 0 Å². The van der Waals surface area contributed by atoms with Crippen molar-refractivity contribution >= 4 is 26.5 Å². The molecule has 0 nitrogen and oxygen atoms in total. The summed E-state index contributed by atoms with van der Waals surface area (Å²) in [5.41, 5.74) is 0. The molecule has 1 aliphatic rings. The van der Waals surface area contributed by atoms with Crippen molar-refractivity contribution in [2.24, 2.45) is 0 Å². The second-order valence-electron chi connectivity index (χ2n) is 6.05. The monoisotopic (exact) mass is 246 g/mol. The van der Waals surface area contributed by atoms with Crippen molar-refractivity contribution in [2.75, 3.05) is 0 Å². The molecule has 0 aliphatic carbocycles. The lowest BCUT2D eigenvalue weighted by molar-refractivity contribution is 1.41. The summed E-state index contributed by atoms with van der Waals surface area (Å²) in [5, 5.41) is 6.83. The summed E-state index contributed by atoms with van der Waals surface area (Å²) in [5.74, 6) is 0. The molecule has 0 saturated heterocycles. The van der Waals surface area contributed by atoms with E-state index in [0.717, 1.165) is 0 Å². The minimum absolute atomic E-state index is 1.35. The highest BCUT2D eigenvalue weighted by Gasteiger charge is 2.41. The Bertz CT molecular complexity index is 424. The first-order valence-electron chi connectivity index (χ1n) is 6.08. The number of hydrogen-bond acceptors (Lipinski definition) is 0. The van der Waals surface area contributed by atoms with Gasteiger partial charge in [-0.25, -0.2) is 0 Å². The van der Waals surface area contributed by atoms with Gasteiger partial charge >= 0.3 is 0 Å². The molecule has 1 aliphatic heterocycles. The summed E-state index contributed by atoms with van der Waals surface area (Å²) in [4.78, 5) is 0. The van der Waals surface area contributed by atoms with Crippen LogP contribution in [0.25, 0.3) is 0 Å². The van der Waals surface area contributed by atoms with Crippen LogP contribution >= 0.6 is 0 Å². The highest BCUT2D eigenvalue weighted by molar-refractivity contribution is 7.09. The van der Waals surface area contributed by atoms with E-state index >= 15 is 0 Å². The molecule has 2 heteroatoms. The molecular formula is C14H22Si2. The van der Waals surface area contributed by atoms with Crippen LogP contribution in [0.3, 0.4) is 0 Å². The maximum absolute atomic E-state index is 2.49. The van der Waals surface area contributed by atoms with E-state index in [9.17, 15) is 0 Å². The molecule has 0 atom stereocenters. The fourth-order valence-electron chi connectivity index (χ4n) is 2.91. The largest absolute Gasteiger partial charge is 0.106 e. The van der Waals surface area contributed by atoms with Gasteiger partial charge in [-0.3, -0.25) is 0 Å². The summed E-state index contributed by atoms with van der Waals surface area (Å²) in [6.07, 6.45) is 0. The van der Waals surface area contributed by atoms with Crippen LogP contribution < -0.4 is 10.4 Å². The predicted molar refractivity (Wildman–Crippen MR) is 79.0 cm³/mol. The van der Waals surface area contributed by atoms with Crippen molar-refractivity contribution in [1.82, 2.24) is 0 Å². The molecule has 0 unspecified atom stereocenters. The van der Waals surface area contributed by atoms with Gasteiger partial charge in [-0.2, -0.15) is 0 Å². The standard InChI is InChI=1S/C14H22Si2/c1-11-12(2)16(5,6)14-10-8-7-9-13(14)15(11,3)4/h7-10H,1-6H3. The molecule has 16 heavy (non-hydrogen) atoms. The number of rotatable bonds is 0. The second-order valence-corrected chi connectivity index (χ2v) is 15.1. The van der Waals surface area contributed by atoms with Gasteiger partial charge in [-0.1, -0.05) is 71.2 Å². The first kappa shape index (κ1) is 11.9. The van der Waals surface area contributed by atoms with E-state index < -0.39 is 16.1 Å². The molecule has 2 rings (SSSR count). The molecule has 0 amide bonds. The van der Waals surface area contributed by atoms with Gasteiger partial charge in [0.1, 0.15) is 16.1 Å². The molecule has 1 aromatic carbocycles. The zero-order chi connectivity index (χ0) is 12.1. The van der Waals surface area contributed by atoms with Gasteiger partial charge in [0, 0.05) is 0 Å². The Labute approximate surface area is 101 Å². The number of fused-ring (bicyclic) bond motifs is 1. The van der Waals surface area contributed by atoms with Crippen molar-refractivity contribution in [3.8, 4) is 0 Å². The van der Waals surface area contributed by atoms with Gasteiger partial charge in [0.05, 0.1) is 0 Å². The molecule has 1 aromatic rings. The quantitative estimate of drug-likeness (QED) is 0.618. The van der Waals surface area contributed by atoms with Crippen molar-refractivity contribution in [3.05, 3.63) is 34.7 Å². The molecule has 1 heterocycles. The third-order valence-corrected chi connectivity index (χ3v) is 13.3. The lowest BCUT2D eigenvalue weighted by Crippen LogP contribution is -2.64. The van der Waals surface area contributed by atoms with Crippen molar-refractivity contribution < 1.29 is 0 Å². The summed E-state index contributed by atoms with van der Waals surface area (Å²) < 4.78 is 0. The molecule has 0 saturated carbocycles. The van der Waals surface area contributed by atoms with Crippen LogP contribution in [0.5, 0.6) is 0 Å². The maximum atomic E-state index is 2.49. The Morgan fingerprint density at radius 1 is 0.688 bits per heavy atom. The summed E-state index contributed by atoms with van der Waals surface area (Å²) in [7, 11) is -2.70. The first-order chi connectivity index (χ1) is 7.29. The average Bonchev–Trinajstić information content (AvgIpc) is 2.25. The smallest absolute Gasteiger partial charge is 0.0835 e. The van der Waals surface area contributed by atoms with Gasteiger partial charge < -0.3 is 0 Å². The molecule has 0 aromatic heterocycles. The Kier molecular flexibility index (Phi) is 2.55. The lowest BCUT2D eigenvalue weighted by Gasteiger charge is -2.41. The molecule has 0 radical (unpaired) electrons. The van der Waals surface area contributed by atoms with Crippen LogP contribution in [0.15, 0.2) is 34.7 Å². The fraction of sp³-hybridized carbons (Fsp3) is 0.429. The molecule has 0 spiro atoms. The summed E-state index contributed by atoms with van der Waals surface area (Å²) in [6, 6.07) is 9.19. The molecule has 0 N–H and O–H groups in total. The maximum Gasteiger partial charge on any atom is 0.106 e. The third kappa shape index (κ3) is 1.40. The van der Waals surface area contributed by atoms with Gasteiger partial charge in [0.25, 0.3) is 0 Å². The van der Waals surface area contributed by atoms with E-state index in [1.807, 2.05) is 0 Å². The van der Waals surface area contributed by atoms with Gasteiger partial charge in [-0.05, 0) is 13.8 Å². The summed E-state index contributed by atoms with van der Waals surface area (Å²) in [6.45, 7) is 14.7. The third-order valence-electron chi connectivity index (χ3n) is 4.71. The molecule has 0 fully saturated rings. The van der Waals surface area contributed by atoms with Crippen LogP contribution in [-0.2, 0) is 0 Å². The zero-order valence-electron chi connectivity index (χ0n) is 11.3. The zero-order valence-corrected chi connectivity index (χ0v) is 13.3. The fourth-order valence-corrected chi connectivity index (χ4v) is 11.9. The summed E-state index contributed by atoms with van der Waals surface area (Å²) >= 11 is 0. The first-order valence-corrected chi connectivity index (χ1v) is 12.1. The van der Waals surface area contributed by atoms with E-state index in [0.29, 0.717) is 0 Å². The van der Waals surface area contributed by atoms with Crippen LogP contribution in [0.2, 0.25) is 26.2 Å². The highest BCUT2D eigenvalue weighted by Crippen LogP contribution is 2.29. The van der Waals surface area contributed by atoms with Crippen LogP contribution in [-0.4, -0.2) is 16.1 Å². The van der Waals surface area contributed by atoms with E-state index in [2.05, 4.69) is 64.3 Å². The van der Waals surface area contributed by atoms with E-state index in [1.54, 1.807) is 20.8 Å². The Hall–Kier alpha value is -0.606. The molecule has 0 bridgehead atoms. The number of benzene rings is 1. The average molecular weight is 247 g/mol. The van der Waals surface area contributed by atoms with E-state index in [1.165, 1.54) is 0 Å². The minimum atomic E-state index is -1.35. The van der Waals surface area contributed by atoms with Crippen molar-refractivity contribution in [2.45, 2.75) is 40.0 Å². The predicted octanol–water partition coefficient (Wildman–Crippen LogP) is 2.95. The Balaban J connectivity index is 2.80. The molecular weight excluding hydrogens is 224 g/mol. The number of hydrogen-bond donors (Lipinski definition) is 0. The topological polar surface area (TPSA) is 0 Å². The van der Waals surface area contributed by atoms with Crippen LogP contribution in [0.1, 0.15) is 13.8 Å². The van der Waals surface area contributed by atoms with E-state index in [4.69, 9.17) is 0 Å². The second kappa shape index (κ2) is 3.44. The van der Waals surface area contributed by atoms with Gasteiger partial charge in [0.15, 0.2) is 0 Å². The van der Waals surface area contributed by atoms with E-state index in [-0.39, 0.29) is 0 Å². The Morgan fingerprint density at radius 2 is 1.00 bits per heavy atom. The highest BCUT2D eigenvalue weighted by atomic mass is 28.3. The lowest BCUT2D eigenvalue weighted by atomic mass is 10.4. The van der Waals surface area contributed by atoms with Crippen molar-refractivity contribution in [1.29, 1.82) is 0 Å². The molecule has 86 valence electrons. The minimum Gasteiger partial charge on any atom is -0.0835 e. The van der Waals surface area contributed by atoms with Gasteiger partial charge in [0.2, 0.25) is 0 Å². The Morgan fingerprint density at radius 3 is 1.31 bits per heavy atom. The normalized spacial score (nSPS) is 21.9. The van der Waals surface area contributed by atoms with Gasteiger partial charge in [-0.15, -0.1) is 0 Å². The van der Waals surface area contributed by atoms with Crippen molar-refractivity contribution in [3.63, 3.8) is 0 Å². The number of allylic oxidation sites excluding steroid dienone is 2. The SMILES string of the molecule is CC1=C(C)[Si](C)(C)c2ccccc2[Si]1(C)C. The van der Waals surface area contributed by atoms with Crippen LogP contribution in [0, 0.1) is 0 Å².